The third kappa shape index (κ3) is 3.88. The van der Waals surface area contributed by atoms with Gasteiger partial charge in [-0.15, -0.1) is 0 Å². The van der Waals surface area contributed by atoms with Crippen LogP contribution in [0, 0.1) is 0 Å². The highest BCUT2D eigenvalue weighted by Gasteiger charge is 2.40. The number of carbonyl (C=O) groups is 1. The molecule has 0 aliphatic heterocycles. The van der Waals surface area contributed by atoms with E-state index < -0.39 is 11.4 Å². The minimum Gasteiger partial charge on any atom is -0.481 e. The zero-order chi connectivity index (χ0) is 17.7. The molecule has 0 fully saturated rings. The minimum atomic E-state index is -1.09. The van der Waals surface area contributed by atoms with Crippen molar-refractivity contribution in [2.45, 2.75) is 24.8 Å². The molecular weight excluding hydrogens is 338 g/mol. The third-order valence-electron chi connectivity index (χ3n) is 4.39. The largest absolute Gasteiger partial charge is 0.481 e. The van der Waals surface area contributed by atoms with Crippen LogP contribution >= 0.6 is 11.6 Å². The lowest BCUT2D eigenvalue weighted by Gasteiger charge is -2.30. The van der Waals surface area contributed by atoms with Crippen molar-refractivity contribution in [1.29, 1.82) is 0 Å². The first-order chi connectivity index (χ1) is 12.1. The number of carboxylic acids is 1. The highest BCUT2D eigenvalue weighted by atomic mass is 35.5. The van der Waals surface area contributed by atoms with Crippen molar-refractivity contribution >= 4 is 17.6 Å². The summed E-state index contributed by atoms with van der Waals surface area (Å²) in [5.41, 5.74) is 0.714. The lowest BCUT2D eigenvalue weighted by molar-refractivity contribution is -0.145. The van der Waals surface area contributed by atoms with Gasteiger partial charge in [0.1, 0.15) is 18.1 Å². The summed E-state index contributed by atoms with van der Waals surface area (Å²) in [5.74, 6) is -0.872. The summed E-state index contributed by atoms with van der Waals surface area (Å²) < 4.78 is 1.57. The van der Waals surface area contributed by atoms with Gasteiger partial charge in [0.15, 0.2) is 0 Å². The summed E-state index contributed by atoms with van der Waals surface area (Å²) in [6.07, 6.45) is 4.01. The number of aromatic nitrogens is 3. The van der Waals surface area contributed by atoms with Gasteiger partial charge in [-0.25, -0.2) is 4.98 Å². The van der Waals surface area contributed by atoms with Crippen molar-refractivity contribution in [1.82, 2.24) is 14.8 Å². The maximum absolute atomic E-state index is 12.3. The number of benzene rings is 2. The molecule has 3 rings (SSSR count). The van der Waals surface area contributed by atoms with Gasteiger partial charge >= 0.3 is 5.97 Å². The predicted octanol–water partition coefficient (Wildman–Crippen LogP) is 3.59. The highest BCUT2D eigenvalue weighted by molar-refractivity contribution is 6.30. The van der Waals surface area contributed by atoms with Crippen LogP contribution in [0.2, 0.25) is 5.02 Å². The van der Waals surface area contributed by atoms with Gasteiger partial charge in [-0.1, -0.05) is 54.1 Å². The molecule has 0 aliphatic carbocycles. The number of rotatable bonds is 7. The molecular formula is C19H18ClN3O2. The Kier molecular flexibility index (Phi) is 5.14. The summed E-state index contributed by atoms with van der Waals surface area (Å²) in [6.45, 7) is 0.222. The van der Waals surface area contributed by atoms with Crippen LogP contribution in [-0.2, 0) is 23.2 Å². The lowest BCUT2D eigenvalue weighted by atomic mass is 9.75. The molecule has 1 unspecified atom stereocenters. The zero-order valence-corrected chi connectivity index (χ0v) is 14.3. The van der Waals surface area contributed by atoms with Gasteiger partial charge in [-0.2, -0.15) is 5.10 Å². The first-order valence-electron chi connectivity index (χ1n) is 7.96. The molecule has 0 saturated heterocycles. The van der Waals surface area contributed by atoms with E-state index in [-0.39, 0.29) is 6.54 Å². The molecule has 25 heavy (non-hydrogen) atoms. The highest BCUT2D eigenvalue weighted by Crippen LogP contribution is 2.32. The maximum Gasteiger partial charge on any atom is 0.316 e. The van der Waals surface area contributed by atoms with Gasteiger partial charge < -0.3 is 5.11 Å². The van der Waals surface area contributed by atoms with E-state index in [0.717, 1.165) is 11.1 Å². The molecule has 0 radical (unpaired) electrons. The van der Waals surface area contributed by atoms with Crippen LogP contribution in [0.3, 0.4) is 0 Å². The Balaban J connectivity index is 1.94. The number of nitrogens with zero attached hydrogens (tertiary/aromatic N) is 3. The molecule has 0 spiro atoms. The fourth-order valence-electron chi connectivity index (χ4n) is 2.97. The van der Waals surface area contributed by atoms with Crippen LogP contribution < -0.4 is 0 Å². The summed E-state index contributed by atoms with van der Waals surface area (Å²) in [6, 6.07) is 16.8. The Hall–Kier alpha value is -2.66. The van der Waals surface area contributed by atoms with Gasteiger partial charge in [0, 0.05) is 5.02 Å². The van der Waals surface area contributed by atoms with Crippen LogP contribution in [0.1, 0.15) is 17.5 Å². The first-order valence-corrected chi connectivity index (χ1v) is 8.34. The second kappa shape index (κ2) is 7.49. The second-order valence-electron chi connectivity index (χ2n) is 5.97. The first kappa shape index (κ1) is 17.2. The SMILES string of the molecule is O=C(O)C(CCc1ccc(Cl)cc1)(Cn1cncn1)c1ccccc1. The molecule has 6 heteroatoms. The molecule has 1 aromatic heterocycles. The fraction of sp³-hybridized carbons (Fsp3) is 0.211. The topological polar surface area (TPSA) is 68.0 Å². The summed E-state index contributed by atoms with van der Waals surface area (Å²) >= 11 is 5.93. The van der Waals surface area contributed by atoms with E-state index in [9.17, 15) is 9.90 Å². The molecule has 0 saturated carbocycles. The summed E-state index contributed by atoms with van der Waals surface area (Å²) in [4.78, 5) is 16.3. The lowest BCUT2D eigenvalue weighted by Crippen LogP contribution is -2.41. The monoisotopic (exact) mass is 355 g/mol. The molecule has 128 valence electrons. The standard InChI is InChI=1S/C19H18ClN3O2/c20-17-8-6-15(7-9-17)10-11-19(18(24)25,12-23-14-21-13-22-23)16-4-2-1-3-5-16/h1-9,13-14H,10-12H2,(H,24,25). The van der Waals surface area contributed by atoms with E-state index in [1.54, 1.807) is 11.0 Å². The van der Waals surface area contributed by atoms with E-state index in [2.05, 4.69) is 10.1 Å². The number of aryl methyl sites for hydroxylation is 1. The number of aliphatic carboxylic acids is 1. The smallest absolute Gasteiger partial charge is 0.316 e. The van der Waals surface area contributed by atoms with Gasteiger partial charge in [0.2, 0.25) is 0 Å². The number of hydrogen-bond donors (Lipinski definition) is 1. The molecule has 0 aliphatic rings. The normalized spacial score (nSPS) is 13.3. The van der Waals surface area contributed by atoms with Crippen molar-refractivity contribution in [3.63, 3.8) is 0 Å². The Morgan fingerprint density at radius 3 is 2.44 bits per heavy atom. The van der Waals surface area contributed by atoms with Crippen molar-refractivity contribution in [2.24, 2.45) is 0 Å². The summed E-state index contributed by atoms with van der Waals surface area (Å²) in [5, 5.41) is 14.9. The molecule has 1 N–H and O–H groups in total. The molecule has 5 nitrogen and oxygen atoms in total. The van der Waals surface area contributed by atoms with E-state index in [1.165, 1.54) is 6.33 Å². The maximum atomic E-state index is 12.3. The van der Waals surface area contributed by atoms with Crippen molar-refractivity contribution < 1.29 is 9.90 Å². The Morgan fingerprint density at radius 1 is 1.12 bits per heavy atom. The molecule has 3 aromatic rings. The van der Waals surface area contributed by atoms with E-state index in [4.69, 9.17) is 11.6 Å². The number of carboxylic acid groups (broad SMARTS) is 1. The Morgan fingerprint density at radius 2 is 1.84 bits per heavy atom. The quantitative estimate of drug-likeness (QED) is 0.703. The van der Waals surface area contributed by atoms with E-state index in [1.807, 2.05) is 54.6 Å². The van der Waals surface area contributed by atoms with Crippen molar-refractivity contribution in [3.8, 4) is 0 Å². The molecule has 1 atom stereocenters. The van der Waals surface area contributed by atoms with Crippen molar-refractivity contribution in [3.05, 3.63) is 83.4 Å². The number of halogens is 1. The van der Waals surface area contributed by atoms with Gasteiger partial charge in [0.25, 0.3) is 0 Å². The van der Waals surface area contributed by atoms with E-state index in [0.29, 0.717) is 17.9 Å². The molecule has 1 heterocycles. The molecule has 2 aromatic carbocycles. The zero-order valence-electron chi connectivity index (χ0n) is 13.5. The summed E-state index contributed by atoms with van der Waals surface area (Å²) in [7, 11) is 0. The average Bonchev–Trinajstić information content (AvgIpc) is 3.13. The second-order valence-corrected chi connectivity index (χ2v) is 6.41. The van der Waals surface area contributed by atoms with Crippen LogP contribution in [0.4, 0.5) is 0 Å². The van der Waals surface area contributed by atoms with Gasteiger partial charge in [-0.05, 0) is 36.1 Å². The third-order valence-corrected chi connectivity index (χ3v) is 4.64. The van der Waals surface area contributed by atoms with Crippen LogP contribution in [0.5, 0.6) is 0 Å². The van der Waals surface area contributed by atoms with Crippen LogP contribution in [0.25, 0.3) is 0 Å². The van der Waals surface area contributed by atoms with Crippen LogP contribution in [0.15, 0.2) is 67.3 Å². The average molecular weight is 356 g/mol. The predicted molar refractivity (Wildman–Crippen MR) is 95.6 cm³/mol. The number of hydrogen-bond acceptors (Lipinski definition) is 3. The Labute approximate surface area is 150 Å². The molecule has 0 bridgehead atoms. The van der Waals surface area contributed by atoms with Gasteiger partial charge in [0.05, 0.1) is 6.54 Å². The fourth-order valence-corrected chi connectivity index (χ4v) is 3.10. The van der Waals surface area contributed by atoms with Crippen molar-refractivity contribution in [2.75, 3.05) is 0 Å². The minimum absolute atomic E-state index is 0.222. The van der Waals surface area contributed by atoms with Gasteiger partial charge in [-0.3, -0.25) is 9.48 Å². The van der Waals surface area contributed by atoms with Crippen LogP contribution in [-0.4, -0.2) is 25.8 Å². The Bertz CT molecular complexity index is 820. The van der Waals surface area contributed by atoms with E-state index >= 15 is 0 Å². The molecule has 0 amide bonds.